The third kappa shape index (κ3) is 1.85. The van der Waals surface area contributed by atoms with Gasteiger partial charge in [0.1, 0.15) is 5.69 Å². The molecule has 2 aliphatic carbocycles. The molecule has 5 rings (SSSR count). The monoisotopic (exact) mass is 308 g/mol. The van der Waals surface area contributed by atoms with Crippen LogP contribution in [0, 0.1) is 30.6 Å². The Morgan fingerprint density at radius 2 is 1.78 bits per heavy atom. The van der Waals surface area contributed by atoms with Gasteiger partial charge in [0.2, 0.25) is 0 Å². The van der Waals surface area contributed by atoms with Gasteiger partial charge in [0.05, 0.1) is 0 Å². The normalized spacial score (nSPS) is 32.0. The van der Waals surface area contributed by atoms with E-state index < -0.39 is 0 Å². The molecule has 2 saturated carbocycles. The zero-order valence-electron chi connectivity index (χ0n) is 14.0. The molecule has 0 N–H and O–H groups in total. The molecule has 2 bridgehead atoms. The maximum atomic E-state index is 13.1. The van der Waals surface area contributed by atoms with Crippen LogP contribution in [0.15, 0.2) is 24.3 Å². The third-order valence-corrected chi connectivity index (χ3v) is 6.84. The van der Waals surface area contributed by atoms with Crippen LogP contribution in [0.2, 0.25) is 0 Å². The Kier molecular flexibility index (Phi) is 2.74. The first-order valence-corrected chi connectivity index (χ1v) is 8.97. The molecule has 1 amide bonds. The number of hydrogen-bond donors (Lipinski definition) is 0. The Hall–Kier alpha value is -1.77. The lowest BCUT2D eigenvalue weighted by Crippen LogP contribution is -2.31. The number of aryl methyl sites for hydroxylation is 2. The molecule has 0 radical (unpaired) electrons. The predicted molar refractivity (Wildman–Crippen MR) is 91.4 cm³/mol. The van der Waals surface area contributed by atoms with E-state index in [1.165, 1.54) is 30.2 Å². The fraction of sp³-hybridized carbons (Fsp3) is 0.550. The van der Waals surface area contributed by atoms with E-state index in [1.807, 2.05) is 7.05 Å². The molecular formula is C20H24N2O. The number of aromatic nitrogens is 1. The zero-order chi connectivity index (χ0) is 15.7. The van der Waals surface area contributed by atoms with Crippen LogP contribution in [0.25, 0.3) is 10.9 Å². The molecule has 1 aliphatic heterocycles. The van der Waals surface area contributed by atoms with Crippen LogP contribution in [0.4, 0.5) is 0 Å². The number of nitrogens with zero attached hydrogens (tertiary/aromatic N) is 2. The van der Waals surface area contributed by atoms with E-state index in [9.17, 15) is 4.79 Å². The number of fused-ring (bicyclic) bond motifs is 6. The Labute approximate surface area is 137 Å². The van der Waals surface area contributed by atoms with Gasteiger partial charge < -0.3 is 9.47 Å². The molecule has 1 aromatic heterocycles. The summed E-state index contributed by atoms with van der Waals surface area (Å²) in [6, 6.07) is 8.49. The van der Waals surface area contributed by atoms with Gasteiger partial charge in [-0.15, -0.1) is 0 Å². The molecule has 23 heavy (non-hydrogen) atoms. The minimum Gasteiger partial charge on any atom is -0.340 e. The van der Waals surface area contributed by atoms with Crippen molar-refractivity contribution < 1.29 is 4.79 Å². The Balaban J connectivity index is 1.46. The maximum absolute atomic E-state index is 13.1. The number of amides is 1. The van der Waals surface area contributed by atoms with Gasteiger partial charge in [0.25, 0.3) is 5.91 Å². The molecule has 120 valence electrons. The van der Waals surface area contributed by atoms with Gasteiger partial charge in [-0.05, 0) is 68.1 Å². The summed E-state index contributed by atoms with van der Waals surface area (Å²) in [7, 11) is 2.02. The van der Waals surface area contributed by atoms with E-state index >= 15 is 0 Å². The second-order valence-corrected chi connectivity index (χ2v) is 8.02. The summed E-state index contributed by atoms with van der Waals surface area (Å²) in [5.41, 5.74) is 3.24. The number of carbonyl (C=O) groups is 1. The van der Waals surface area contributed by atoms with E-state index in [4.69, 9.17) is 0 Å². The van der Waals surface area contributed by atoms with Gasteiger partial charge in [0, 0.05) is 31.0 Å². The van der Waals surface area contributed by atoms with Crippen molar-refractivity contribution >= 4 is 16.8 Å². The lowest BCUT2D eigenvalue weighted by atomic mass is 9.82. The third-order valence-electron chi connectivity index (χ3n) is 6.84. The van der Waals surface area contributed by atoms with E-state index in [0.29, 0.717) is 0 Å². The van der Waals surface area contributed by atoms with Gasteiger partial charge in [-0.2, -0.15) is 0 Å². The Morgan fingerprint density at radius 3 is 2.48 bits per heavy atom. The quantitative estimate of drug-likeness (QED) is 0.790. The van der Waals surface area contributed by atoms with Crippen LogP contribution in [0.1, 0.15) is 35.3 Å². The highest BCUT2D eigenvalue weighted by Gasteiger charge is 2.52. The average Bonchev–Trinajstić information content (AvgIpc) is 3.27. The fourth-order valence-electron chi connectivity index (χ4n) is 5.68. The van der Waals surface area contributed by atoms with Crippen LogP contribution in [0.5, 0.6) is 0 Å². The summed E-state index contributed by atoms with van der Waals surface area (Å²) in [5, 5.41) is 1.18. The van der Waals surface area contributed by atoms with Gasteiger partial charge >= 0.3 is 0 Å². The number of likely N-dealkylation sites (tertiary alicyclic amines) is 1. The van der Waals surface area contributed by atoms with Crippen LogP contribution >= 0.6 is 0 Å². The smallest absolute Gasteiger partial charge is 0.270 e. The summed E-state index contributed by atoms with van der Waals surface area (Å²) < 4.78 is 2.07. The van der Waals surface area contributed by atoms with E-state index in [-0.39, 0.29) is 5.91 Å². The molecule has 2 heterocycles. The zero-order valence-corrected chi connectivity index (χ0v) is 14.0. The van der Waals surface area contributed by atoms with Crippen LogP contribution in [-0.4, -0.2) is 28.5 Å². The average molecular weight is 308 g/mol. The summed E-state index contributed by atoms with van der Waals surface area (Å²) in [6.45, 7) is 4.09. The van der Waals surface area contributed by atoms with Crippen molar-refractivity contribution in [2.75, 3.05) is 13.1 Å². The van der Waals surface area contributed by atoms with Crippen molar-refractivity contribution in [2.45, 2.75) is 26.2 Å². The first kappa shape index (κ1) is 13.6. The number of carbonyl (C=O) groups excluding carboxylic acids is 1. The predicted octanol–water partition coefficient (Wildman–Crippen LogP) is 3.60. The fourth-order valence-corrected chi connectivity index (χ4v) is 5.68. The lowest BCUT2D eigenvalue weighted by molar-refractivity contribution is 0.0767. The maximum Gasteiger partial charge on any atom is 0.270 e. The van der Waals surface area contributed by atoms with Gasteiger partial charge in [-0.1, -0.05) is 11.6 Å². The first-order valence-electron chi connectivity index (χ1n) is 8.97. The summed E-state index contributed by atoms with van der Waals surface area (Å²) in [4.78, 5) is 15.2. The molecule has 1 aromatic carbocycles. The molecule has 3 heteroatoms. The molecule has 1 saturated heterocycles. The van der Waals surface area contributed by atoms with Crippen molar-refractivity contribution in [3.05, 3.63) is 35.5 Å². The van der Waals surface area contributed by atoms with E-state index in [1.54, 1.807) is 0 Å². The highest BCUT2D eigenvalue weighted by atomic mass is 16.2. The molecule has 4 atom stereocenters. The highest BCUT2D eigenvalue weighted by molar-refractivity contribution is 5.99. The summed E-state index contributed by atoms with van der Waals surface area (Å²) in [5.74, 6) is 3.61. The van der Waals surface area contributed by atoms with Crippen molar-refractivity contribution in [3.8, 4) is 0 Å². The molecule has 0 spiro atoms. The standard InChI is InChI=1S/C20H24N2O/c1-12-3-6-18-15(7-12)9-19(21(18)2)20(23)22-10-16-13-4-5-14(8-13)17(16)11-22/h3,6-7,9,13-14,16-17H,4-5,8,10-11H2,1-2H3/t13-,14+,16-,17+. The number of hydrogen-bond acceptors (Lipinski definition) is 1. The van der Waals surface area contributed by atoms with Crippen molar-refractivity contribution in [1.82, 2.24) is 9.47 Å². The molecule has 3 aliphatic rings. The van der Waals surface area contributed by atoms with Gasteiger partial charge in [-0.3, -0.25) is 4.79 Å². The largest absolute Gasteiger partial charge is 0.340 e. The van der Waals surface area contributed by atoms with Crippen molar-refractivity contribution in [3.63, 3.8) is 0 Å². The topological polar surface area (TPSA) is 25.2 Å². The summed E-state index contributed by atoms with van der Waals surface area (Å²) >= 11 is 0. The Bertz CT molecular complexity index is 787. The number of rotatable bonds is 1. The van der Waals surface area contributed by atoms with E-state index in [0.717, 1.165) is 48.0 Å². The lowest BCUT2D eigenvalue weighted by Gasteiger charge is -2.22. The summed E-state index contributed by atoms with van der Waals surface area (Å²) in [6.07, 6.45) is 4.24. The molecule has 3 fully saturated rings. The SMILES string of the molecule is Cc1ccc2c(c1)cc(C(=O)N1C[C@@H]3[C@@H]4CC[C@@H](C4)[C@@H]3C1)n2C. The first-order chi connectivity index (χ1) is 11.1. The minimum atomic E-state index is 0.232. The van der Waals surface area contributed by atoms with Crippen LogP contribution in [-0.2, 0) is 7.05 Å². The van der Waals surface area contributed by atoms with Crippen LogP contribution < -0.4 is 0 Å². The van der Waals surface area contributed by atoms with Crippen LogP contribution in [0.3, 0.4) is 0 Å². The van der Waals surface area contributed by atoms with Gasteiger partial charge in [-0.25, -0.2) is 0 Å². The van der Waals surface area contributed by atoms with E-state index in [2.05, 4.69) is 40.7 Å². The molecule has 3 nitrogen and oxygen atoms in total. The highest BCUT2D eigenvalue weighted by Crippen LogP contribution is 2.55. The molecule has 2 aromatic rings. The second-order valence-electron chi connectivity index (χ2n) is 8.02. The molecular weight excluding hydrogens is 284 g/mol. The molecule has 0 unspecified atom stereocenters. The van der Waals surface area contributed by atoms with Crippen molar-refractivity contribution in [1.29, 1.82) is 0 Å². The van der Waals surface area contributed by atoms with Crippen molar-refractivity contribution in [2.24, 2.45) is 30.7 Å². The minimum absolute atomic E-state index is 0.232. The Morgan fingerprint density at radius 1 is 1.09 bits per heavy atom. The van der Waals surface area contributed by atoms with Gasteiger partial charge in [0.15, 0.2) is 0 Å². The number of benzene rings is 1. The second kappa shape index (κ2) is 4.62.